The molecule has 4 rings (SSSR count). The fraction of sp³-hybridized carbons (Fsp3) is 0.154. The average molecular weight is 416 g/mol. The van der Waals surface area contributed by atoms with E-state index in [1.807, 2.05) is 18.2 Å². The Bertz CT molecular complexity index is 1070. The van der Waals surface area contributed by atoms with Gasteiger partial charge in [-0.2, -0.15) is 0 Å². The van der Waals surface area contributed by atoms with Crippen LogP contribution in [-0.4, -0.2) is 11.3 Å². The molecular formula is C26H26OP2. The van der Waals surface area contributed by atoms with Crippen molar-refractivity contribution >= 4 is 34.0 Å². The number of allylic oxidation sites excluding steroid dienone is 4. The number of benzene rings is 3. The van der Waals surface area contributed by atoms with Crippen LogP contribution in [0.1, 0.15) is 24.8 Å². The van der Waals surface area contributed by atoms with Gasteiger partial charge in [0.05, 0.1) is 0 Å². The zero-order valence-electron chi connectivity index (χ0n) is 16.4. The van der Waals surface area contributed by atoms with Crippen molar-refractivity contribution in [3.63, 3.8) is 0 Å². The van der Waals surface area contributed by atoms with E-state index in [1.165, 1.54) is 27.3 Å². The lowest BCUT2D eigenvalue weighted by Gasteiger charge is -2.19. The van der Waals surface area contributed by atoms with E-state index in [-0.39, 0.29) is 0 Å². The first-order valence-electron chi connectivity index (χ1n) is 10.1. The quantitative estimate of drug-likeness (QED) is 0.485. The Morgan fingerprint density at radius 3 is 2.21 bits per heavy atom. The summed E-state index contributed by atoms with van der Waals surface area (Å²) >= 11 is 0. The first kappa shape index (κ1) is 20.1. The van der Waals surface area contributed by atoms with Crippen LogP contribution in [0.2, 0.25) is 0 Å². The Morgan fingerprint density at radius 1 is 0.759 bits per heavy atom. The third-order valence-corrected chi connectivity index (χ3v) is 7.15. The van der Waals surface area contributed by atoms with E-state index in [0.717, 1.165) is 36.6 Å². The number of phenols is 1. The van der Waals surface area contributed by atoms with E-state index >= 15 is 0 Å². The van der Waals surface area contributed by atoms with Crippen LogP contribution in [0.4, 0.5) is 0 Å². The molecule has 0 saturated heterocycles. The van der Waals surface area contributed by atoms with Crippen molar-refractivity contribution in [3.05, 3.63) is 96.1 Å². The molecule has 0 bridgehead atoms. The predicted octanol–water partition coefficient (Wildman–Crippen LogP) is 6.06. The largest absolute Gasteiger partial charge is 0.507 e. The first-order valence-corrected chi connectivity index (χ1v) is 11.9. The van der Waals surface area contributed by atoms with Gasteiger partial charge in [-0.25, -0.2) is 0 Å². The van der Waals surface area contributed by atoms with Crippen LogP contribution in [0, 0.1) is 0 Å². The first-order chi connectivity index (χ1) is 14.2. The second kappa shape index (κ2) is 9.53. The third kappa shape index (κ3) is 4.69. The smallest absolute Gasteiger partial charge is 0.123 e. The summed E-state index contributed by atoms with van der Waals surface area (Å²) in [7, 11) is 3.58. The van der Waals surface area contributed by atoms with E-state index in [4.69, 9.17) is 0 Å². The highest BCUT2D eigenvalue weighted by Gasteiger charge is 2.14. The lowest BCUT2D eigenvalue weighted by atomic mass is 9.90. The van der Waals surface area contributed by atoms with Crippen LogP contribution >= 0.6 is 17.8 Å². The third-order valence-electron chi connectivity index (χ3n) is 5.33. The maximum atomic E-state index is 10.3. The molecule has 0 aromatic heterocycles. The van der Waals surface area contributed by atoms with Crippen LogP contribution < -0.4 is 10.6 Å². The molecule has 2 unspecified atom stereocenters. The molecule has 3 aromatic rings. The molecule has 2 atom stereocenters. The molecule has 0 aliphatic heterocycles. The fourth-order valence-electron chi connectivity index (χ4n) is 3.89. The van der Waals surface area contributed by atoms with Crippen molar-refractivity contribution in [1.82, 2.24) is 0 Å². The van der Waals surface area contributed by atoms with Gasteiger partial charge in [-0.15, -0.1) is 9.24 Å². The lowest BCUT2D eigenvalue weighted by molar-refractivity contribution is 0.477. The maximum Gasteiger partial charge on any atom is 0.123 e. The summed E-state index contributed by atoms with van der Waals surface area (Å²) in [6.45, 7) is 0. The molecule has 0 amide bonds. The Kier molecular flexibility index (Phi) is 6.60. The summed E-state index contributed by atoms with van der Waals surface area (Å²) in [6, 6.07) is 24.7. The molecule has 0 saturated carbocycles. The topological polar surface area (TPSA) is 20.2 Å². The zero-order valence-corrected chi connectivity index (χ0v) is 18.6. The Balaban J connectivity index is 1.50. The number of para-hydroxylation sites is 1. The molecule has 3 heteroatoms. The van der Waals surface area contributed by atoms with Gasteiger partial charge in [0, 0.05) is 5.56 Å². The monoisotopic (exact) mass is 416 g/mol. The molecule has 3 aromatic carbocycles. The van der Waals surface area contributed by atoms with Crippen LogP contribution in [0.25, 0.3) is 16.7 Å². The number of aromatic hydroxyl groups is 1. The van der Waals surface area contributed by atoms with Crippen LogP contribution in [0.15, 0.2) is 90.5 Å². The highest BCUT2D eigenvalue weighted by atomic mass is 31.1. The van der Waals surface area contributed by atoms with Crippen molar-refractivity contribution in [2.24, 2.45) is 0 Å². The molecule has 0 heterocycles. The molecule has 29 heavy (non-hydrogen) atoms. The van der Waals surface area contributed by atoms with Crippen LogP contribution in [0.3, 0.4) is 0 Å². The standard InChI is InChI=1S/C26H26OP2/c27-24-14-6-3-11-21(24)23-13-5-8-16-26(23)29-18-17-19-9-1-2-10-20(19)22-12-4-7-15-25(22)28/h3-16,27,29H,1-2,17-18,28H2. The van der Waals surface area contributed by atoms with Crippen molar-refractivity contribution < 1.29 is 5.11 Å². The zero-order chi connectivity index (χ0) is 20.1. The number of hydrogen-bond acceptors (Lipinski definition) is 1. The molecule has 1 aliphatic carbocycles. The second-order valence-corrected chi connectivity index (χ2v) is 9.27. The van der Waals surface area contributed by atoms with Gasteiger partial charge in [0.1, 0.15) is 5.75 Å². The summed E-state index contributed by atoms with van der Waals surface area (Å²) < 4.78 is 0. The molecule has 0 radical (unpaired) electrons. The Hall–Kier alpha value is -2.20. The molecule has 0 spiro atoms. The molecule has 0 fully saturated rings. The van der Waals surface area contributed by atoms with Crippen LogP contribution in [0.5, 0.6) is 5.75 Å². The second-order valence-electron chi connectivity index (χ2n) is 7.25. The molecular weight excluding hydrogens is 390 g/mol. The highest BCUT2D eigenvalue weighted by molar-refractivity contribution is 7.47. The Morgan fingerprint density at radius 2 is 1.41 bits per heavy atom. The number of phenolic OH excluding ortho intramolecular Hbond substituents is 1. The summed E-state index contributed by atoms with van der Waals surface area (Å²) in [5.41, 5.74) is 6.28. The fourth-order valence-corrected chi connectivity index (χ4v) is 5.54. The lowest BCUT2D eigenvalue weighted by Crippen LogP contribution is -2.06. The van der Waals surface area contributed by atoms with E-state index in [9.17, 15) is 5.11 Å². The van der Waals surface area contributed by atoms with Gasteiger partial charge in [-0.05, 0) is 64.4 Å². The minimum absolute atomic E-state index is 0.349. The summed E-state index contributed by atoms with van der Waals surface area (Å²) in [4.78, 5) is 0. The highest BCUT2D eigenvalue weighted by Crippen LogP contribution is 2.34. The van der Waals surface area contributed by atoms with E-state index in [2.05, 4.69) is 69.9 Å². The summed E-state index contributed by atoms with van der Waals surface area (Å²) in [5, 5.41) is 12.9. The summed E-state index contributed by atoms with van der Waals surface area (Å²) in [6.07, 6.45) is 9.28. The van der Waals surface area contributed by atoms with E-state index in [1.54, 1.807) is 6.07 Å². The van der Waals surface area contributed by atoms with Crippen molar-refractivity contribution in [2.45, 2.75) is 19.3 Å². The van der Waals surface area contributed by atoms with Crippen molar-refractivity contribution in [3.8, 4) is 16.9 Å². The van der Waals surface area contributed by atoms with E-state index < -0.39 is 0 Å². The molecule has 1 nitrogen and oxygen atoms in total. The average Bonchev–Trinajstić information content (AvgIpc) is 2.75. The van der Waals surface area contributed by atoms with Crippen LogP contribution in [-0.2, 0) is 0 Å². The van der Waals surface area contributed by atoms with Gasteiger partial charge in [0.25, 0.3) is 0 Å². The number of hydrogen-bond donors (Lipinski definition) is 1. The summed E-state index contributed by atoms with van der Waals surface area (Å²) in [5.74, 6) is 0.349. The minimum atomic E-state index is 0.349. The molecule has 146 valence electrons. The normalized spacial score (nSPS) is 14.1. The van der Waals surface area contributed by atoms with Crippen molar-refractivity contribution in [1.29, 1.82) is 0 Å². The van der Waals surface area contributed by atoms with E-state index in [0.29, 0.717) is 14.3 Å². The molecule has 1 N–H and O–H groups in total. The Labute approximate surface area is 177 Å². The van der Waals surface area contributed by atoms with Crippen molar-refractivity contribution in [2.75, 3.05) is 6.16 Å². The van der Waals surface area contributed by atoms with Gasteiger partial charge in [0.15, 0.2) is 0 Å². The maximum absolute atomic E-state index is 10.3. The minimum Gasteiger partial charge on any atom is -0.507 e. The van der Waals surface area contributed by atoms with Gasteiger partial charge < -0.3 is 5.11 Å². The van der Waals surface area contributed by atoms with Gasteiger partial charge in [-0.3, -0.25) is 0 Å². The SMILES string of the molecule is Oc1ccccc1-c1ccccc1PCCC1=CCCC=C1c1ccccc1P. The molecule has 1 aliphatic rings. The van der Waals surface area contributed by atoms with Gasteiger partial charge in [0.2, 0.25) is 0 Å². The predicted molar refractivity (Wildman–Crippen MR) is 132 cm³/mol. The van der Waals surface area contributed by atoms with Gasteiger partial charge in [-0.1, -0.05) is 87.5 Å². The van der Waals surface area contributed by atoms with Gasteiger partial charge >= 0.3 is 0 Å². The number of rotatable bonds is 6.